The third kappa shape index (κ3) is 2.96. The number of amides is 1. The van der Waals surface area contributed by atoms with Crippen LogP contribution in [-0.4, -0.2) is 34.4 Å². The quantitative estimate of drug-likeness (QED) is 0.764. The van der Waals surface area contributed by atoms with Gasteiger partial charge in [0.15, 0.2) is 17.3 Å². The van der Waals surface area contributed by atoms with Crippen molar-refractivity contribution in [1.29, 1.82) is 0 Å². The summed E-state index contributed by atoms with van der Waals surface area (Å²) in [5, 5.41) is 19.8. The van der Waals surface area contributed by atoms with Crippen molar-refractivity contribution in [2.45, 2.75) is 44.2 Å². The van der Waals surface area contributed by atoms with E-state index >= 15 is 0 Å². The molecule has 0 aliphatic heterocycles. The normalized spacial score (nSPS) is 22.4. The third-order valence-electron chi connectivity index (χ3n) is 5.46. The molecule has 2 aliphatic carbocycles. The number of aryl methyl sites for hydroxylation is 1. The highest BCUT2D eigenvalue weighted by molar-refractivity contribution is 5.94. The van der Waals surface area contributed by atoms with Crippen LogP contribution < -0.4 is 10.1 Å². The number of rotatable bonds is 5. The number of nitrogens with one attached hydrogen (secondary N) is 2. The number of methoxy groups -OCH3 is 1. The van der Waals surface area contributed by atoms with Crippen LogP contribution in [0.3, 0.4) is 0 Å². The molecule has 7 heteroatoms. The summed E-state index contributed by atoms with van der Waals surface area (Å²) in [6.45, 7) is 0. The SMILES string of the molecule is COc1ccc(C(NC(=O)c2n[nH]c3c2CCC3)C2CC(O)C2)cc1F. The number of hydrogen-bond acceptors (Lipinski definition) is 4. The maximum absolute atomic E-state index is 14.2. The number of hydrogen-bond donors (Lipinski definition) is 3. The highest BCUT2D eigenvalue weighted by Gasteiger charge is 2.37. The Balaban J connectivity index is 1.59. The van der Waals surface area contributed by atoms with Crippen molar-refractivity contribution >= 4 is 5.91 Å². The maximum Gasteiger partial charge on any atom is 0.272 e. The molecule has 1 aromatic carbocycles. The molecule has 0 spiro atoms. The molecule has 1 fully saturated rings. The van der Waals surface area contributed by atoms with Crippen LogP contribution in [0.4, 0.5) is 4.39 Å². The molecule has 4 rings (SSSR count). The maximum atomic E-state index is 14.2. The zero-order valence-electron chi connectivity index (χ0n) is 14.6. The second kappa shape index (κ2) is 6.72. The van der Waals surface area contributed by atoms with Gasteiger partial charge in [-0.2, -0.15) is 5.10 Å². The predicted molar refractivity (Wildman–Crippen MR) is 92.5 cm³/mol. The van der Waals surface area contributed by atoms with Gasteiger partial charge >= 0.3 is 0 Å². The smallest absolute Gasteiger partial charge is 0.272 e. The topological polar surface area (TPSA) is 87.2 Å². The minimum absolute atomic E-state index is 0.0636. The molecule has 3 N–H and O–H groups in total. The van der Waals surface area contributed by atoms with Crippen molar-refractivity contribution in [2.75, 3.05) is 7.11 Å². The molecule has 2 aromatic rings. The Morgan fingerprint density at radius 1 is 1.42 bits per heavy atom. The molecule has 0 radical (unpaired) electrons. The number of halogens is 1. The van der Waals surface area contributed by atoms with Crippen LogP contribution in [0.2, 0.25) is 0 Å². The largest absolute Gasteiger partial charge is 0.494 e. The number of aliphatic hydroxyl groups excluding tert-OH is 1. The fourth-order valence-electron chi connectivity index (χ4n) is 3.97. The van der Waals surface area contributed by atoms with Crippen LogP contribution in [0.1, 0.15) is 52.6 Å². The zero-order chi connectivity index (χ0) is 18.3. The van der Waals surface area contributed by atoms with Gasteiger partial charge in [-0.15, -0.1) is 0 Å². The lowest BCUT2D eigenvalue weighted by molar-refractivity contribution is 0.0234. The molecule has 2 aliphatic rings. The van der Waals surface area contributed by atoms with E-state index in [9.17, 15) is 14.3 Å². The fourth-order valence-corrected chi connectivity index (χ4v) is 3.97. The Morgan fingerprint density at radius 3 is 2.92 bits per heavy atom. The molecule has 1 aromatic heterocycles. The summed E-state index contributed by atoms with van der Waals surface area (Å²) in [4.78, 5) is 12.8. The van der Waals surface area contributed by atoms with Crippen molar-refractivity contribution in [2.24, 2.45) is 5.92 Å². The summed E-state index contributed by atoms with van der Waals surface area (Å²) in [6, 6.07) is 4.33. The second-order valence-corrected chi connectivity index (χ2v) is 7.11. The first-order chi connectivity index (χ1) is 12.6. The molecular formula is C19H22FN3O3. The third-order valence-corrected chi connectivity index (χ3v) is 5.46. The summed E-state index contributed by atoms with van der Waals surface area (Å²) in [6.07, 6.45) is 3.58. The Bertz CT molecular complexity index is 829. The van der Waals surface area contributed by atoms with E-state index in [1.54, 1.807) is 12.1 Å². The van der Waals surface area contributed by atoms with Gasteiger partial charge in [-0.1, -0.05) is 6.07 Å². The molecule has 1 saturated carbocycles. The van der Waals surface area contributed by atoms with Crippen LogP contribution >= 0.6 is 0 Å². The van der Waals surface area contributed by atoms with Gasteiger partial charge in [-0.05, 0) is 55.7 Å². The van der Waals surface area contributed by atoms with Crippen molar-refractivity contribution in [3.8, 4) is 5.75 Å². The van der Waals surface area contributed by atoms with Gasteiger partial charge in [0, 0.05) is 11.3 Å². The molecule has 138 valence electrons. The Labute approximate surface area is 150 Å². The average molecular weight is 359 g/mol. The lowest BCUT2D eigenvalue weighted by atomic mass is 9.75. The van der Waals surface area contributed by atoms with Crippen molar-refractivity contribution < 1.29 is 19.0 Å². The fraction of sp³-hybridized carbons (Fsp3) is 0.474. The van der Waals surface area contributed by atoms with Crippen LogP contribution in [0.15, 0.2) is 18.2 Å². The number of aliphatic hydroxyl groups is 1. The van der Waals surface area contributed by atoms with E-state index in [-0.39, 0.29) is 29.7 Å². The van der Waals surface area contributed by atoms with Gasteiger partial charge in [0.2, 0.25) is 0 Å². The number of fused-ring (bicyclic) bond motifs is 1. The summed E-state index contributed by atoms with van der Waals surface area (Å²) in [5.41, 5.74) is 3.11. The van der Waals surface area contributed by atoms with Gasteiger partial charge in [-0.25, -0.2) is 4.39 Å². The summed E-state index contributed by atoms with van der Waals surface area (Å²) >= 11 is 0. The van der Waals surface area contributed by atoms with Crippen LogP contribution in [-0.2, 0) is 12.8 Å². The lowest BCUT2D eigenvalue weighted by Crippen LogP contribution is -2.41. The van der Waals surface area contributed by atoms with Gasteiger partial charge in [-0.3, -0.25) is 9.89 Å². The average Bonchev–Trinajstić information content (AvgIpc) is 3.20. The summed E-state index contributed by atoms with van der Waals surface area (Å²) in [7, 11) is 1.41. The van der Waals surface area contributed by atoms with Gasteiger partial charge in [0.25, 0.3) is 5.91 Å². The van der Waals surface area contributed by atoms with E-state index in [0.29, 0.717) is 24.1 Å². The van der Waals surface area contributed by atoms with Gasteiger partial charge < -0.3 is 15.2 Å². The van der Waals surface area contributed by atoms with E-state index in [1.165, 1.54) is 13.2 Å². The standard InChI is InChI=1S/C19H22FN3O3/c1-26-16-6-5-10(9-14(16)20)17(11-7-12(24)8-11)21-19(25)18-13-3-2-4-15(13)22-23-18/h5-6,9,11-12,17,24H,2-4,7-8H2,1H3,(H,21,25)(H,22,23). The first-order valence-corrected chi connectivity index (χ1v) is 8.95. The van der Waals surface area contributed by atoms with Gasteiger partial charge in [0.1, 0.15) is 0 Å². The molecular weight excluding hydrogens is 337 g/mol. The van der Waals surface area contributed by atoms with E-state index < -0.39 is 5.82 Å². The number of ether oxygens (including phenoxy) is 1. The van der Waals surface area contributed by atoms with Crippen LogP contribution in [0.5, 0.6) is 5.75 Å². The number of aromatic nitrogens is 2. The van der Waals surface area contributed by atoms with Gasteiger partial charge in [0.05, 0.1) is 19.3 Å². The zero-order valence-corrected chi connectivity index (χ0v) is 14.6. The lowest BCUT2D eigenvalue weighted by Gasteiger charge is -2.38. The van der Waals surface area contributed by atoms with Crippen LogP contribution in [0, 0.1) is 11.7 Å². The molecule has 6 nitrogen and oxygen atoms in total. The summed E-state index contributed by atoms with van der Waals surface area (Å²) < 4.78 is 19.1. The molecule has 1 unspecified atom stereocenters. The Kier molecular flexibility index (Phi) is 4.40. The highest BCUT2D eigenvalue weighted by atomic mass is 19.1. The van der Waals surface area contributed by atoms with Crippen molar-refractivity contribution in [3.05, 3.63) is 46.5 Å². The van der Waals surface area contributed by atoms with E-state index in [1.807, 2.05) is 0 Å². The van der Waals surface area contributed by atoms with Crippen molar-refractivity contribution in [3.63, 3.8) is 0 Å². The van der Waals surface area contributed by atoms with E-state index in [0.717, 1.165) is 30.5 Å². The molecule has 1 amide bonds. The minimum atomic E-state index is -0.468. The highest BCUT2D eigenvalue weighted by Crippen LogP contribution is 2.39. The molecule has 0 bridgehead atoms. The monoisotopic (exact) mass is 359 g/mol. The molecule has 0 saturated heterocycles. The number of carbonyl (C=O) groups excluding carboxylic acids is 1. The second-order valence-electron chi connectivity index (χ2n) is 7.11. The van der Waals surface area contributed by atoms with E-state index in [2.05, 4.69) is 15.5 Å². The number of nitrogens with zero attached hydrogens (tertiary/aromatic N) is 1. The number of benzene rings is 1. The van der Waals surface area contributed by atoms with E-state index in [4.69, 9.17) is 4.74 Å². The van der Waals surface area contributed by atoms with Crippen LogP contribution in [0.25, 0.3) is 0 Å². The minimum Gasteiger partial charge on any atom is -0.494 e. The summed E-state index contributed by atoms with van der Waals surface area (Å²) in [5.74, 6) is -0.497. The Hall–Kier alpha value is -2.41. The first-order valence-electron chi connectivity index (χ1n) is 8.95. The number of carbonyl (C=O) groups is 1. The first kappa shape index (κ1) is 17.0. The molecule has 1 heterocycles. The number of aromatic amines is 1. The van der Waals surface area contributed by atoms with Crippen molar-refractivity contribution in [1.82, 2.24) is 15.5 Å². The molecule has 1 atom stereocenters. The number of H-pyrrole nitrogens is 1. The Morgan fingerprint density at radius 2 is 2.23 bits per heavy atom. The predicted octanol–water partition coefficient (Wildman–Crippen LogP) is 2.29. The molecule has 26 heavy (non-hydrogen) atoms.